The molecule has 0 radical (unpaired) electrons. The zero-order chi connectivity index (χ0) is 15.2. The first-order chi connectivity index (χ1) is 10.1. The van der Waals surface area contributed by atoms with Gasteiger partial charge in [0.1, 0.15) is 0 Å². The van der Waals surface area contributed by atoms with Crippen molar-refractivity contribution in [3.8, 4) is 0 Å². The molecule has 1 aromatic carbocycles. The average Bonchev–Trinajstić information content (AvgIpc) is 2.89. The van der Waals surface area contributed by atoms with Gasteiger partial charge in [-0.2, -0.15) is 5.10 Å². The van der Waals surface area contributed by atoms with E-state index >= 15 is 0 Å². The molecule has 0 aliphatic rings. The lowest BCUT2D eigenvalue weighted by Gasteiger charge is -2.05. The van der Waals surface area contributed by atoms with Crippen molar-refractivity contribution < 1.29 is 9.72 Å². The molecule has 8 heteroatoms. The van der Waals surface area contributed by atoms with Crippen LogP contribution in [0.1, 0.15) is 16.8 Å². The third-order valence-corrected chi connectivity index (χ3v) is 3.20. The van der Waals surface area contributed by atoms with E-state index in [1.54, 1.807) is 10.9 Å². The number of nitro benzene ring substituents is 1. The standard InChI is InChI=1S/C13H13BrN4O3/c14-11-8-16-17(9-11)7-1-6-15-13(19)10-2-4-12(5-3-10)18(20)21/h2-5,8-9H,1,6-7H2,(H,15,19). The fourth-order valence-corrected chi connectivity index (χ4v) is 2.07. The van der Waals surface area contributed by atoms with E-state index < -0.39 is 4.92 Å². The van der Waals surface area contributed by atoms with E-state index in [9.17, 15) is 14.9 Å². The zero-order valence-corrected chi connectivity index (χ0v) is 12.6. The van der Waals surface area contributed by atoms with Gasteiger partial charge in [0.05, 0.1) is 15.6 Å². The van der Waals surface area contributed by atoms with Gasteiger partial charge in [-0.3, -0.25) is 19.6 Å². The highest BCUT2D eigenvalue weighted by atomic mass is 79.9. The van der Waals surface area contributed by atoms with E-state index in [0.717, 1.165) is 10.9 Å². The van der Waals surface area contributed by atoms with Crippen LogP contribution in [0.5, 0.6) is 0 Å². The van der Waals surface area contributed by atoms with Crippen LogP contribution in [0.3, 0.4) is 0 Å². The molecule has 0 saturated carbocycles. The molecule has 1 heterocycles. The minimum Gasteiger partial charge on any atom is -0.352 e. The maximum Gasteiger partial charge on any atom is 0.269 e. The summed E-state index contributed by atoms with van der Waals surface area (Å²) in [5.74, 6) is -0.244. The zero-order valence-electron chi connectivity index (χ0n) is 11.0. The van der Waals surface area contributed by atoms with Gasteiger partial charge in [-0.1, -0.05) is 0 Å². The summed E-state index contributed by atoms with van der Waals surface area (Å²) in [6.45, 7) is 1.21. The number of carbonyl (C=O) groups excluding carboxylic acids is 1. The molecule has 0 saturated heterocycles. The summed E-state index contributed by atoms with van der Waals surface area (Å²) in [4.78, 5) is 21.9. The largest absolute Gasteiger partial charge is 0.352 e. The van der Waals surface area contributed by atoms with Crippen molar-refractivity contribution in [3.05, 3.63) is 56.8 Å². The number of nitrogens with zero attached hydrogens (tertiary/aromatic N) is 3. The number of nitrogens with one attached hydrogen (secondary N) is 1. The summed E-state index contributed by atoms with van der Waals surface area (Å²) >= 11 is 3.31. The maximum atomic E-state index is 11.8. The Kier molecular flexibility index (Phi) is 5.04. The van der Waals surface area contributed by atoms with Crippen molar-refractivity contribution in [2.75, 3.05) is 6.54 Å². The maximum absolute atomic E-state index is 11.8. The number of halogens is 1. The summed E-state index contributed by atoms with van der Waals surface area (Å²) in [7, 11) is 0. The molecule has 0 atom stereocenters. The Balaban J connectivity index is 1.77. The number of aromatic nitrogens is 2. The van der Waals surface area contributed by atoms with Crippen LogP contribution in [0.15, 0.2) is 41.1 Å². The van der Waals surface area contributed by atoms with Crippen LogP contribution in [0.4, 0.5) is 5.69 Å². The number of amides is 1. The van der Waals surface area contributed by atoms with Crippen molar-refractivity contribution in [3.63, 3.8) is 0 Å². The molecule has 21 heavy (non-hydrogen) atoms. The van der Waals surface area contributed by atoms with E-state index in [1.807, 2.05) is 6.20 Å². The number of aryl methyl sites for hydroxylation is 1. The van der Waals surface area contributed by atoms with Crippen LogP contribution >= 0.6 is 15.9 Å². The van der Waals surface area contributed by atoms with Crippen molar-refractivity contribution in [1.82, 2.24) is 15.1 Å². The van der Waals surface area contributed by atoms with Crippen molar-refractivity contribution >= 4 is 27.5 Å². The number of nitro groups is 1. The summed E-state index contributed by atoms with van der Waals surface area (Å²) in [6, 6.07) is 5.52. The molecule has 0 spiro atoms. The number of hydrogen-bond acceptors (Lipinski definition) is 4. The Morgan fingerprint density at radius 2 is 2.10 bits per heavy atom. The van der Waals surface area contributed by atoms with E-state index in [2.05, 4.69) is 26.3 Å². The van der Waals surface area contributed by atoms with Gasteiger partial charge in [0.2, 0.25) is 0 Å². The van der Waals surface area contributed by atoms with Crippen molar-refractivity contribution in [2.24, 2.45) is 0 Å². The van der Waals surface area contributed by atoms with E-state index in [1.165, 1.54) is 24.3 Å². The second-order valence-corrected chi connectivity index (χ2v) is 5.25. The van der Waals surface area contributed by atoms with Gasteiger partial charge in [0, 0.05) is 37.0 Å². The van der Waals surface area contributed by atoms with Gasteiger partial charge in [0.15, 0.2) is 0 Å². The van der Waals surface area contributed by atoms with Gasteiger partial charge >= 0.3 is 0 Å². The highest BCUT2D eigenvalue weighted by molar-refractivity contribution is 9.10. The lowest BCUT2D eigenvalue weighted by molar-refractivity contribution is -0.384. The Morgan fingerprint density at radius 3 is 2.67 bits per heavy atom. The molecule has 1 aromatic heterocycles. The summed E-state index contributed by atoms with van der Waals surface area (Å²) in [6.07, 6.45) is 4.31. The van der Waals surface area contributed by atoms with E-state index in [4.69, 9.17) is 0 Å². The fraction of sp³-hybridized carbons (Fsp3) is 0.231. The lowest BCUT2D eigenvalue weighted by atomic mass is 10.2. The van der Waals surface area contributed by atoms with Crippen LogP contribution < -0.4 is 5.32 Å². The van der Waals surface area contributed by atoms with Crippen LogP contribution in [-0.4, -0.2) is 27.2 Å². The quantitative estimate of drug-likeness (QED) is 0.490. The second kappa shape index (κ2) is 6.98. The molecule has 0 bridgehead atoms. The predicted octanol–water partition coefficient (Wildman–Crippen LogP) is 2.37. The number of carbonyl (C=O) groups is 1. The predicted molar refractivity (Wildman–Crippen MR) is 80.0 cm³/mol. The Hall–Kier alpha value is -2.22. The molecule has 2 rings (SSSR count). The number of non-ortho nitro benzene ring substituents is 1. The van der Waals surface area contributed by atoms with Gasteiger partial charge in [-0.05, 0) is 34.5 Å². The second-order valence-electron chi connectivity index (χ2n) is 4.34. The topological polar surface area (TPSA) is 90.1 Å². The van der Waals surface area contributed by atoms with E-state index in [0.29, 0.717) is 18.7 Å². The molecule has 7 nitrogen and oxygen atoms in total. The smallest absolute Gasteiger partial charge is 0.269 e. The Bertz CT molecular complexity index is 639. The third kappa shape index (κ3) is 4.38. The fourth-order valence-electron chi connectivity index (χ4n) is 1.74. The van der Waals surface area contributed by atoms with E-state index in [-0.39, 0.29) is 11.6 Å². The first-order valence-corrected chi connectivity index (χ1v) is 7.06. The van der Waals surface area contributed by atoms with Crippen LogP contribution in [0, 0.1) is 10.1 Å². The van der Waals surface area contributed by atoms with Gasteiger partial charge < -0.3 is 5.32 Å². The minimum atomic E-state index is -0.496. The molecule has 0 unspecified atom stereocenters. The molecular formula is C13H13BrN4O3. The molecule has 0 aliphatic heterocycles. The molecule has 0 aliphatic carbocycles. The normalized spacial score (nSPS) is 10.3. The molecule has 110 valence electrons. The average molecular weight is 353 g/mol. The van der Waals surface area contributed by atoms with Crippen LogP contribution in [0.25, 0.3) is 0 Å². The first-order valence-electron chi connectivity index (χ1n) is 6.27. The lowest BCUT2D eigenvalue weighted by Crippen LogP contribution is -2.25. The first kappa shape index (κ1) is 15.2. The van der Waals surface area contributed by atoms with Crippen molar-refractivity contribution in [1.29, 1.82) is 0 Å². The number of rotatable bonds is 6. The third-order valence-electron chi connectivity index (χ3n) is 2.79. The summed E-state index contributed by atoms with van der Waals surface area (Å²) in [5, 5.41) is 17.4. The Morgan fingerprint density at radius 1 is 1.38 bits per heavy atom. The van der Waals surface area contributed by atoms with Gasteiger partial charge in [-0.15, -0.1) is 0 Å². The van der Waals surface area contributed by atoms with Crippen molar-refractivity contribution in [2.45, 2.75) is 13.0 Å². The molecule has 1 amide bonds. The SMILES string of the molecule is O=C(NCCCn1cc(Br)cn1)c1ccc([N+](=O)[O-])cc1. The number of hydrogen-bond donors (Lipinski definition) is 1. The van der Waals surface area contributed by atoms with Crippen LogP contribution in [-0.2, 0) is 6.54 Å². The molecule has 0 fully saturated rings. The summed E-state index contributed by atoms with van der Waals surface area (Å²) in [5.41, 5.74) is 0.373. The Labute approximate surface area is 129 Å². The minimum absolute atomic E-state index is 0.0317. The molecule has 2 aromatic rings. The van der Waals surface area contributed by atoms with Gasteiger partial charge in [-0.25, -0.2) is 0 Å². The van der Waals surface area contributed by atoms with Gasteiger partial charge in [0.25, 0.3) is 11.6 Å². The molecular weight excluding hydrogens is 340 g/mol. The highest BCUT2D eigenvalue weighted by Gasteiger charge is 2.08. The van der Waals surface area contributed by atoms with Crippen LogP contribution in [0.2, 0.25) is 0 Å². The number of benzene rings is 1. The highest BCUT2D eigenvalue weighted by Crippen LogP contribution is 2.11. The summed E-state index contributed by atoms with van der Waals surface area (Å²) < 4.78 is 2.69. The monoisotopic (exact) mass is 352 g/mol. The molecule has 1 N–H and O–H groups in total.